The Morgan fingerprint density at radius 3 is 2.50 bits per heavy atom. The number of phenols is 2. The van der Waals surface area contributed by atoms with Crippen LogP contribution >= 0.6 is 0 Å². The number of ether oxygens (including phenoxy) is 3. The number of hydrogen-bond acceptors (Lipinski definition) is 14. The standard InChI is InChI=1S/C34H34N4O12/c1-14-28(39)20(35)11-23(49-14)50-22-13-34(45,15(2)36-37-33(44)16-6-4-7-17(10-16)38(46)47)12-19-25(22)32(43)27-26(30(19)41)29(40)18-8-5-9-21(48-3)24(18)31(27)42/h4-10,14,20,22-23,28,39,41,43,45H,11-13,35H2,1-3H3,(H,37,44)/b36-15+/t14-,20-,22-,23+,28+,34+/m1/s1. The molecule has 0 spiro atoms. The Kier molecular flexibility index (Phi) is 8.92. The van der Waals surface area contributed by atoms with Gasteiger partial charge in [0.05, 0.1) is 52.7 Å². The number of ketones is 2. The van der Waals surface area contributed by atoms with Gasteiger partial charge < -0.3 is 40.4 Å². The van der Waals surface area contributed by atoms with Gasteiger partial charge in [-0.2, -0.15) is 5.10 Å². The summed E-state index contributed by atoms with van der Waals surface area (Å²) in [6.07, 6.45) is -4.97. The predicted molar refractivity (Wildman–Crippen MR) is 173 cm³/mol. The first kappa shape index (κ1) is 34.6. The molecule has 262 valence electrons. The van der Waals surface area contributed by atoms with Gasteiger partial charge in [0.1, 0.15) is 22.8 Å². The van der Waals surface area contributed by atoms with Gasteiger partial charge in [-0.05, 0) is 26.0 Å². The van der Waals surface area contributed by atoms with Gasteiger partial charge in [-0.15, -0.1) is 0 Å². The van der Waals surface area contributed by atoms with E-state index in [0.717, 1.165) is 6.07 Å². The molecule has 1 amide bonds. The summed E-state index contributed by atoms with van der Waals surface area (Å²) in [5.74, 6) is -3.61. The molecule has 1 saturated heterocycles. The number of hydrogen-bond donors (Lipinski definition) is 6. The SMILES string of the molecule is COc1cccc2c1C(=O)c1c(O)c3c(c(O)c1C2=O)C[C@@](O)(/C(C)=N/NC(=O)c1cccc([N+](=O)[O-])c1)C[C@H]3O[C@H]1C[C@@H](N)[C@@H](O)[C@@H](C)O1. The van der Waals surface area contributed by atoms with Crippen molar-refractivity contribution in [1.82, 2.24) is 5.43 Å². The molecule has 16 nitrogen and oxygen atoms in total. The number of hydrazone groups is 1. The van der Waals surface area contributed by atoms with E-state index in [4.69, 9.17) is 19.9 Å². The highest BCUT2D eigenvalue weighted by atomic mass is 16.7. The maximum atomic E-state index is 13.9. The highest BCUT2D eigenvalue weighted by molar-refractivity contribution is 6.31. The highest BCUT2D eigenvalue weighted by Crippen LogP contribution is 2.52. The van der Waals surface area contributed by atoms with Crippen LogP contribution in [0.1, 0.15) is 86.1 Å². The number of amides is 1. The van der Waals surface area contributed by atoms with Crippen LogP contribution in [0.15, 0.2) is 47.6 Å². The molecular formula is C34H34N4O12. The predicted octanol–water partition coefficient (Wildman–Crippen LogP) is 2.15. The van der Waals surface area contributed by atoms with Gasteiger partial charge in [0.2, 0.25) is 5.78 Å². The van der Waals surface area contributed by atoms with E-state index < -0.39 is 87.7 Å². The number of aliphatic hydroxyl groups is 2. The van der Waals surface area contributed by atoms with E-state index in [9.17, 15) is 44.9 Å². The number of nitro benzene ring substituents is 1. The van der Waals surface area contributed by atoms with Crippen molar-refractivity contribution >= 4 is 28.9 Å². The van der Waals surface area contributed by atoms with Crippen molar-refractivity contribution in [2.45, 2.75) is 69.4 Å². The van der Waals surface area contributed by atoms with E-state index >= 15 is 0 Å². The number of fused-ring (bicyclic) bond motifs is 3. The minimum Gasteiger partial charge on any atom is -0.507 e. The second-order valence-corrected chi connectivity index (χ2v) is 12.5. The smallest absolute Gasteiger partial charge is 0.271 e. The van der Waals surface area contributed by atoms with Crippen molar-refractivity contribution in [3.63, 3.8) is 0 Å². The molecule has 6 rings (SSSR count). The molecule has 3 aliphatic rings. The van der Waals surface area contributed by atoms with Crippen molar-refractivity contribution in [2.75, 3.05) is 7.11 Å². The molecular weight excluding hydrogens is 656 g/mol. The Bertz CT molecular complexity index is 1970. The number of rotatable bonds is 7. The van der Waals surface area contributed by atoms with Crippen LogP contribution in [-0.4, -0.2) is 85.8 Å². The molecule has 16 heteroatoms. The average molecular weight is 691 g/mol. The largest absolute Gasteiger partial charge is 0.507 e. The van der Waals surface area contributed by atoms with Gasteiger partial charge in [0.25, 0.3) is 11.6 Å². The number of methoxy groups -OCH3 is 1. The minimum absolute atomic E-state index is 0.00177. The van der Waals surface area contributed by atoms with E-state index in [0.29, 0.717) is 0 Å². The summed E-state index contributed by atoms with van der Waals surface area (Å²) in [5, 5.41) is 61.1. The monoisotopic (exact) mass is 690 g/mol. The lowest BCUT2D eigenvalue weighted by molar-refractivity contribution is -0.384. The van der Waals surface area contributed by atoms with Crippen LogP contribution in [0.3, 0.4) is 0 Å². The average Bonchev–Trinajstić information content (AvgIpc) is 3.09. The molecule has 0 radical (unpaired) electrons. The first-order valence-corrected chi connectivity index (χ1v) is 15.6. The summed E-state index contributed by atoms with van der Waals surface area (Å²) in [5.41, 5.74) is 4.58. The molecule has 1 aliphatic heterocycles. The maximum Gasteiger partial charge on any atom is 0.271 e. The van der Waals surface area contributed by atoms with Crippen molar-refractivity contribution in [2.24, 2.45) is 10.8 Å². The van der Waals surface area contributed by atoms with Crippen molar-refractivity contribution in [3.05, 3.63) is 91.5 Å². The second kappa shape index (κ2) is 12.9. The Balaban J connectivity index is 1.43. The Labute approximate surface area is 284 Å². The topological polar surface area (TPSA) is 253 Å². The molecule has 0 bridgehead atoms. The summed E-state index contributed by atoms with van der Waals surface area (Å²) < 4.78 is 17.4. The Hall–Kier alpha value is -5.26. The Morgan fingerprint density at radius 1 is 1.12 bits per heavy atom. The number of carbonyl (C=O) groups is 3. The van der Waals surface area contributed by atoms with Crippen molar-refractivity contribution < 1.29 is 53.9 Å². The number of nitrogens with zero attached hydrogens (tertiary/aromatic N) is 2. The summed E-state index contributed by atoms with van der Waals surface area (Å²) in [6.45, 7) is 2.97. The van der Waals surface area contributed by atoms with Crippen LogP contribution in [0.25, 0.3) is 0 Å². The zero-order chi connectivity index (χ0) is 36.2. The third-order valence-corrected chi connectivity index (χ3v) is 9.46. The van der Waals surface area contributed by atoms with E-state index in [1.165, 1.54) is 50.4 Å². The molecule has 0 aromatic heterocycles. The molecule has 3 aromatic rings. The van der Waals surface area contributed by atoms with E-state index in [2.05, 4.69) is 10.5 Å². The molecule has 50 heavy (non-hydrogen) atoms. The fourth-order valence-corrected chi connectivity index (χ4v) is 6.73. The Morgan fingerprint density at radius 2 is 1.82 bits per heavy atom. The van der Waals surface area contributed by atoms with Gasteiger partial charge in [0.15, 0.2) is 12.1 Å². The summed E-state index contributed by atoms with van der Waals surface area (Å²) in [4.78, 5) is 51.1. The molecule has 6 atom stereocenters. The lowest BCUT2D eigenvalue weighted by Gasteiger charge is -2.42. The zero-order valence-electron chi connectivity index (χ0n) is 27.1. The number of benzene rings is 3. The molecule has 0 saturated carbocycles. The lowest BCUT2D eigenvalue weighted by Crippen LogP contribution is -2.52. The van der Waals surface area contributed by atoms with Crippen LogP contribution in [0, 0.1) is 10.1 Å². The number of non-ortho nitro benzene ring substituents is 1. The number of aromatic hydroxyl groups is 2. The van der Waals surface area contributed by atoms with Gasteiger partial charge in [0, 0.05) is 59.7 Å². The lowest BCUT2D eigenvalue weighted by atomic mass is 9.71. The van der Waals surface area contributed by atoms with E-state index in [-0.39, 0.29) is 57.8 Å². The summed E-state index contributed by atoms with van der Waals surface area (Å²) in [7, 11) is 1.32. The number of phenolic OH excluding ortho intramolecular Hbond substituents is 2. The fraction of sp³-hybridized carbons (Fsp3) is 0.353. The van der Waals surface area contributed by atoms with Crippen molar-refractivity contribution in [1.29, 1.82) is 0 Å². The number of carbonyl (C=O) groups excluding carboxylic acids is 3. The summed E-state index contributed by atoms with van der Waals surface area (Å²) in [6, 6.07) is 8.55. The van der Waals surface area contributed by atoms with Gasteiger partial charge >= 0.3 is 0 Å². The van der Waals surface area contributed by atoms with E-state index in [1.807, 2.05) is 0 Å². The van der Waals surface area contributed by atoms with Crippen LogP contribution in [0.5, 0.6) is 17.2 Å². The van der Waals surface area contributed by atoms with Crippen molar-refractivity contribution in [3.8, 4) is 17.2 Å². The van der Waals surface area contributed by atoms with Gasteiger partial charge in [-0.3, -0.25) is 24.5 Å². The third kappa shape index (κ3) is 5.76. The number of aliphatic hydroxyl groups excluding tert-OH is 1. The first-order chi connectivity index (χ1) is 23.7. The van der Waals surface area contributed by atoms with Crippen LogP contribution in [0.4, 0.5) is 5.69 Å². The number of nitro groups is 1. The van der Waals surface area contributed by atoms with Gasteiger partial charge in [-0.1, -0.05) is 18.2 Å². The molecule has 1 heterocycles. The highest BCUT2D eigenvalue weighted by Gasteiger charge is 2.49. The van der Waals surface area contributed by atoms with Crippen LogP contribution in [-0.2, 0) is 15.9 Å². The van der Waals surface area contributed by atoms with E-state index in [1.54, 1.807) is 6.92 Å². The molecule has 0 unspecified atom stereocenters. The second-order valence-electron chi connectivity index (χ2n) is 12.5. The fourth-order valence-electron chi connectivity index (χ4n) is 6.73. The number of nitrogens with two attached hydrogens (primary N) is 1. The summed E-state index contributed by atoms with van der Waals surface area (Å²) >= 11 is 0. The zero-order valence-corrected chi connectivity index (χ0v) is 27.1. The maximum absolute atomic E-state index is 13.9. The van der Waals surface area contributed by atoms with Gasteiger partial charge in [-0.25, -0.2) is 5.43 Å². The third-order valence-electron chi connectivity index (χ3n) is 9.46. The number of nitrogens with one attached hydrogen (secondary N) is 1. The van der Waals surface area contributed by atoms with Crippen LogP contribution in [0.2, 0.25) is 0 Å². The van der Waals surface area contributed by atoms with Crippen LogP contribution < -0.4 is 15.9 Å². The quantitative estimate of drug-likeness (QED) is 0.0704. The molecule has 7 N–H and O–H groups in total. The molecule has 1 fully saturated rings. The first-order valence-electron chi connectivity index (χ1n) is 15.6. The normalized spacial score (nSPS) is 26.0. The molecule has 2 aliphatic carbocycles. The minimum atomic E-state index is -2.00. The molecule has 3 aromatic carbocycles.